The molecule has 0 aliphatic carbocycles. The average molecular weight is 438 g/mol. The predicted molar refractivity (Wildman–Crippen MR) is 123 cm³/mol. The van der Waals surface area contributed by atoms with E-state index >= 15 is 0 Å². The van der Waals surface area contributed by atoms with Gasteiger partial charge in [-0.05, 0) is 51.6 Å². The first kappa shape index (κ1) is 27.1. The highest BCUT2D eigenvalue weighted by molar-refractivity contribution is 5.91. The third-order valence-electron chi connectivity index (χ3n) is 5.97. The van der Waals surface area contributed by atoms with E-state index in [0.29, 0.717) is 12.2 Å². The molecule has 7 nitrogen and oxygen atoms in total. The van der Waals surface area contributed by atoms with Gasteiger partial charge in [-0.2, -0.15) is 0 Å². The van der Waals surface area contributed by atoms with Crippen molar-refractivity contribution in [2.45, 2.75) is 85.9 Å². The van der Waals surface area contributed by atoms with Gasteiger partial charge in [-0.25, -0.2) is 4.79 Å². The standard InChI is InChI=1S/C24H43N3O4/c1-10-31-23(30)17(4)15-19(16(2)3)27(9)22(29)20(24(5,6)7)25-21(28)18-13-11-12-14-26(18)8/h15-16,18-20H,10-14H2,1-9H3,(H,25,28)/b17-15+/t18-,19+,20+/m0/s1. The van der Waals surface area contributed by atoms with Gasteiger partial charge in [0, 0.05) is 12.6 Å². The monoisotopic (exact) mass is 437 g/mol. The van der Waals surface area contributed by atoms with Gasteiger partial charge in [-0.3, -0.25) is 14.5 Å². The number of likely N-dealkylation sites (N-methyl/N-ethyl adjacent to an activating group) is 2. The molecule has 0 aromatic carbocycles. The third kappa shape index (κ3) is 7.63. The Hall–Kier alpha value is -1.89. The smallest absolute Gasteiger partial charge is 0.333 e. The van der Waals surface area contributed by atoms with Crippen molar-refractivity contribution in [3.63, 3.8) is 0 Å². The van der Waals surface area contributed by atoms with Crippen LogP contribution in [0.1, 0.15) is 67.7 Å². The minimum atomic E-state index is -0.669. The summed E-state index contributed by atoms with van der Waals surface area (Å²) in [6.45, 7) is 14.5. The van der Waals surface area contributed by atoms with Gasteiger partial charge in [0.25, 0.3) is 0 Å². The Kier molecular flexibility index (Phi) is 10.2. The maximum atomic E-state index is 13.6. The van der Waals surface area contributed by atoms with Crippen LogP contribution in [-0.4, -0.2) is 73.0 Å². The summed E-state index contributed by atoms with van der Waals surface area (Å²) in [6.07, 6.45) is 4.70. The van der Waals surface area contributed by atoms with Gasteiger partial charge in [-0.1, -0.05) is 47.1 Å². The summed E-state index contributed by atoms with van der Waals surface area (Å²) in [6, 6.07) is -1.17. The summed E-state index contributed by atoms with van der Waals surface area (Å²) < 4.78 is 5.08. The normalized spacial score (nSPS) is 20.2. The van der Waals surface area contributed by atoms with Crippen molar-refractivity contribution in [2.24, 2.45) is 11.3 Å². The molecule has 0 bridgehead atoms. The number of nitrogens with zero attached hydrogens (tertiary/aromatic N) is 2. The van der Waals surface area contributed by atoms with Crippen molar-refractivity contribution >= 4 is 17.8 Å². The zero-order valence-electron chi connectivity index (χ0n) is 20.9. The Balaban J connectivity index is 3.10. The molecule has 0 spiro atoms. The summed E-state index contributed by atoms with van der Waals surface area (Å²) in [5, 5.41) is 3.04. The Bertz CT molecular complexity index is 666. The molecule has 1 heterocycles. The Morgan fingerprint density at radius 2 is 1.84 bits per heavy atom. The van der Waals surface area contributed by atoms with Crippen molar-refractivity contribution in [2.75, 3.05) is 27.2 Å². The van der Waals surface area contributed by atoms with E-state index in [4.69, 9.17) is 4.74 Å². The summed E-state index contributed by atoms with van der Waals surface area (Å²) in [7, 11) is 3.70. The van der Waals surface area contributed by atoms with E-state index in [-0.39, 0.29) is 35.8 Å². The van der Waals surface area contributed by atoms with Gasteiger partial charge >= 0.3 is 5.97 Å². The number of hydrogen-bond donors (Lipinski definition) is 1. The Labute approximate surface area is 188 Å². The molecule has 2 amide bonds. The molecule has 178 valence electrons. The quantitative estimate of drug-likeness (QED) is 0.466. The SMILES string of the molecule is CCOC(=O)/C(C)=C/[C@H](C(C)C)N(C)C(=O)[C@@H](NC(=O)[C@@H]1CCCCN1C)C(C)(C)C. The molecular formula is C24H43N3O4. The summed E-state index contributed by atoms with van der Waals surface area (Å²) in [4.78, 5) is 42.4. The van der Waals surface area contributed by atoms with E-state index < -0.39 is 11.5 Å². The average Bonchev–Trinajstić information content (AvgIpc) is 2.68. The van der Waals surface area contributed by atoms with E-state index in [1.54, 1.807) is 31.9 Å². The second-order valence-electron chi connectivity index (χ2n) is 10.1. The number of rotatable bonds is 8. The van der Waals surface area contributed by atoms with Crippen LogP contribution in [0, 0.1) is 11.3 Å². The molecule has 0 radical (unpaired) electrons. The molecule has 1 N–H and O–H groups in total. The lowest BCUT2D eigenvalue weighted by molar-refractivity contribution is -0.141. The molecule has 0 unspecified atom stereocenters. The fraction of sp³-hybridized carbons (Fsp3) is 0.792. The van der Waals surface area contributed by atoms with Crippen LogP contribution in [0.2, 0.25) is 0 Å². The van der Waals surface area contributed by atoms with E-state index in [9.17, 15) is 14.4 Å². The first-order valence-corrected chi connectivity index (χ1v) is 11.4. The number of piperidine rings is 1. The predicted octanol–water partition coefficient (Wildman–Crippen LogP) is 2.99. The summed E-state index contributed by atoms with van der Waals surface area (Å²) in [5.74, 6) is -0.553. The van der Waals surface area contributed by atoms with Crippen LogP contribution in [0.5, 0.6) is 0 Å². The first-order valence-electron chi connectivity index (χ1n) is 11.4. The zero-order chi connectivity index (χ0) is 23.9. The van der Waals surface area contributed by atoms with Gasteiger partial charge in [0.1, 0.15) is 6.04 Å². The van der Waals surface area contributed by atoms with Gasteiger partial charge < -0.3 is 15.0 Å². The summed E-state index contributed by atoms with van der Waals surface area (Å²) in [5.41, 5.74) is 0.00994. The van der Waals surface area contributed by atoms with E-state index in [1.807, 2.05) is 41.7 Å². The van der Waals surface area contributed by atoms with Crippen molar-refractivity contribution < 1.29 is 19.1 Å². The van der Waals surface area contributed by atoms with Crippen LogP contribution in [0.4, 0.5) is 0 Å². The molecule has 0 aromatic heterocycles. The molecule has 1 aliphatic rings. The second-order valence-corrected chi connectivity index (χ2v) is 10.1. The van der Waals surface area contributed by atoms with Crippen LogP contribution in [0.15, 0.2) is 11.6 Å². The number of esters is 1. The van der Waals surface area contributed by atoms with Crippen LogP contribution >= 0.6 is 0 Å². The zero-order valence-corrected chi connectivity index (χ0v) is 20.9. The highest BCUT2D eigenvalue weighted by atomic mass is 16.5. The number of amides is 2. The fourth-order valence-corrected chi connectivity index (χ4v) is 3.96. The van der Waals surface area contributed by atoms with Crippen molar-refractivity contribution in [1.29, 1.82) is 0 Å². The maximum absolute atomic E-state index is 13.6. The largest absolute Gasteiger partial charge is 0.463 e. The van der Waals surface area contributed by atoms with Crippen molar-refractivity contribution in [3.8, 4) is 0 Å². The van der Waals surface area contributed by atoms with Gasteiger partial charge in [-0.15, -0.1) is 0 Å². The molecule has 3 atom stereocenters. The third-order valence-corrected chi connectivity index (χ3v) is 5.97. The molecule has 7 heteroatoms. The molecule has 0 aromatic rings. The Morgan fingerprint density at radius 3 is 2.32 bits per heavy atom. The highest BCUT2D eigenvalue weighted by Gasteiger charge is 2.39. The highest BCUT2D eigenvalue weighted by Crippen LogP contribution is 2.25. The molecule has 1 fully saturated rings. The van der Waals surface area contributed by atoms with Crippen LogP contribution in [0.25, 0.3) is 0 Å². The lowest BCUT2D eigenvalue weighted by atomic mass is 9.84. The van der Waals surface area contributed by atoms with Gasteiger partial charge in [0.05, 0.1) is 18.7 Å². The molecule has 1 rings (SSSR count). The van der Waals surface area contributed by atoms with Crippen molar-refractivity contribution in [1.82, 2.24) is 15.1 Å². The molecule has 31 heavy (non-hydrogen) atoms. The lowest BCUT2D eigenvalue weighted by Crippen LogP contribution is -2.59. The van der Waals surface area contributed by atoms with Gasteiger partial charge in [0.2, 0.25) is 11.8 Å². The molecule has 1 saturated heterocycles. The number of likely N-dealkylation sites (tertiary alicyclic amines) is 1. The number of carbonyl (C=O) groups is 3. The second kappa shape index (κ2) is 11.7. The van der Waals surface area contributed by atoms with E-state index in [1.165, 1.54) is 0 Å². The minimum Gasteiger partial charge on any atom is -0.463 e. The number of hydrogen-bond acceptors (Lipinski definition) is 5. The maximum Gasteiger partial charge on any atom is 0.333 e. The van der Waals surface area contributed by atoms with Gasteiger partial charge in [0.15, 0.2) is 0 Å². The molecule has 0 saturated carbocycles. The van der Waals surface area contributed by atoms with E-state index in [2.05, 4.69) is 10.2 Å². The Morgan fingerprint density at radius 1 is 1.23 bits per heavy atom. The number of carbonyl (C=O) groups excluding carboxylic acids is 3. The topological polar surface area (TPSA) is 79.0 Å². The van der Waals surface area contributed by atoms with Crippen LogP contribution in [0.3, 0.4) is 0 Å². The summed E-state index contributed by atoms with van der Waals surface area (Å²) >= 11 is 0. The van der Waals surface area contributed by atoms with Crippen molar-refractivity contribution in [3.05, 3.63) is 11.6 Å². The number of nitrogens with one attached hydrogen (secondary N) is 1. The number of ether oxygens (including phenoxy) is 1. The molecule has 1 aliphatic heterocycles. The van der Waals surface area contributed by atoms with Crippen LogP contribution < -0.4 is 5.32 Å². The fourth-order valence-electron chi connectivity index (χ4n) is 3.96. The minimum absolute atomic E-state index is 0.0825. The van der Waals surface area contributed by atoms with E-state index in [0.717, 1.165) is 25.8 Å². The van der Waals surface area contributed by atoms with Crippen LogP contribution in [-0.2, 0) is 19.1 Å². The lowest BCUT2D eigenvalue weighted by Gasteiger charge is -2.39. The first-order chi connectivity index (χ1) is 14.3. The molecular weight excluding hydrogens is 394 g/mol.